The lowest BCUT2D eigenvalue weighted by atomic mass is 9.93. The Morgan fingerprint density at radius 3 is 1.79 bits per heavy atom. The molecule has 0 aromatic rings. The molecule has 0 heterocycles. The molecule has 0 aromatic heterocycles. The van der Waals surface area contributed by atoms with E-state index in [0.29, 0.717) is 5.41 Å². The second-order valence-corrected chi connectivity index (χ2v) is 5.64. The Labute approximate surface area is 89.0 Å². The molecule has 2 nitrogen and oxygen atoms in total. The monoisotopic (exact) mass is 202 g/mol. The summed E-state index contributed by atoms with van der Waals surface area (Å²) in [5, 5.41) is 0. The summed E-state index contributed by atoms with van der Waals surface area (Å²) in [6.07, 6.45) is 2.06. The molecule has 0 atom stereocenters. The highest BCUT2D eigenvalue weighted by molar-refractivity contribution is 4.67. The van der Waals surface area contributed by atoms with E-state index in [1.54, 1.807) is 7.11 Å². The van der Waals surface area contributed by atoms with E-state index < -0.39 is 0 Å². The standard InChI is InChI=1S/C12H26O2/c1-11(2,3)7-9-14-10-8-12(4,5)13-6/h7-10H2,1-6H3. The summed E-state index contributed by atoms with van der Waals surface area (Å²) in [5.41, 5.74) is 0.318. The van der Waals surface area contributed by atoms with Crippen LogP contribution >= 0.6 is 0 Å². The minimum Gasteiger partial charge on any atom is -0.381 e. The SMILES string of the molecule is COC(C)(C)CCOCCC(C)(C)C. The Morgan fingerprint density at radius 1 is 0.857 bits per heavy atom. The maximum absolute atomic E-state index is 5.57. The molecule has 0 spiro atoms. The van der Waals surface area contributed by atoms with Crippen molar-refractivity contribution in [2.45, 2.75) is 53.1 Å². The smallest absolute Gasteiger partial charge is 0.0644 e. The number of ether oxygens (including phenoxy) is 2. The van der Waals surface area contributed by atoms with Gasteiger partial charge in [-0.25, -0.2) is 0 Å². The molecule has 0 rings (SSSR count). The van der Waals surface area contributed by atoms with Gasteiger partial charge in [0.05, 0.1) is 5.60 Å². The Morgan fingerprint density at radius 2 is 1.36 bits per heavy atom. The van der Waals surface area contributed by atoms with Gasteiger partial charge in [-0.3, -0.25) is 0 Å². The van der Waals surface area contributed by atoms with Crippen molar-refractivity contribution in [1.29, 1.82) is 0 Å². The van der Waals surface area contributed by atoms with Crippen LogP contribution in [0.15, 0.2) is 0 Å². The minimum absolute atomic E-state index is 0.0538. The van der Waals surface area contributed by atoms with Crippen molar-refractivity contribution in [3.05, 3.63) is 0 Å². The molecule has 2 heteroatoms. The Balaban J connectivity index is 3.39. The van der Waals surface area contributed by atoms with Gasteiger partial charge in [-0.1, -0.05) is 20.8 Å². The molecule has 0 radical (unpaired) electrons. The van der Waals surface area contributed by atoms with Gasteiger partial charge in [-0.05, 0) is 32.1 Å². The van der Waals surface area contributed by atoms with Crippen LogP contribution in [0, 0.1) is 5.41 Å². The van der Waals surface area contributed by atoms with Crippen LogP contribution in [0.1, 0.15) is 47.5 Å². The lowest BCUT2D eigenvalue weighted by molar-refractivity contribution is -0.0121. The first kappa shape index (κ1) is 13.9. The van der Waals surface area contributed by atoms with Crippen LogP contribution in [0.5, 0.6) is 0 Å². The zero-order valence-corrected chi connectivity index (χ0v) is 10.6. The van der Waals surface area contributed by atoms with E-state index in [1.807, 2.05) is 0 Å². The van der Waals surface area contributed by atoms with Gasteiger partial charge in [-0.2, -0.15) is 0 Å². The van der Waals surface area contributed by atoms with Crippen LogP contribution in [0.2, 0.25) is 0 Å². The van der Waals surface area contributed by atoms with Gasteiger partial charge in [0.15, 0.2) is 0 Å². The minimum atomic E-state index is -0.0538. The first-order valence-electron chi connectivity index (χ1n) is 5.40. The van der Waals surface area contributed by atoms with Crippen molar-refractivity contribution in [3.8, 4) is 0 Å². The molecular weight excluding hydrogens is 176 g/mol. The molecule has 0 amide bonds. The lowest BCUT2D eigenvalue weighted by Crippen LogP contribution is -2.24. The van der Waals surface area contributed by atoms with E-state index >= 15 is 0 Å². The maximum atomic E-state index is 5.57. The van der Waals surface area contributed by atoms with Crippen LogP contribution in [0.3, 0.4) is 0 Å². The van der Waals surface area contributed by atoms with Crippen molar-refractivity contribution in [1.82, 2.24) is 0 Å². The molecule has 0 fully saturated rings. The summed E-state index contributed by atoms with van der Waals surface area (Å²) in [7, 11) is 1.75. The third-order valence-corrected chi connectivity index (χ3v) is 2.40. The predicted octanol–water partition coefficient (Wildman–Crippen LogP) is 3.25. The maximum Gasteiger partial charge on any atom is 0.0644 e. The quantitative estimate of drug-likeness (QED) is 0.615. The molecular formula is C12H26O2. The van der Waals surface area contributed by atoms with E-state index in [0.717, 1.165) is 26.1 Å². The molecule has 0 saturated heterocycles. The molecule has 0 aliphatic rings. The van der Waals surface area contributed by atoms with Gasteiger partial charge < -0.3 is 9.47 Å². The van der Waals surface area contributed by atoms with Crippen LogP contribution in [-0.2, 0) is 9.47 Å². The Hall–Kier alpha value is -0.0800. The van der Waals surface area contributed by atoms with E-state index in [-0.39, 0.29) is 5.60 Å². The average molecular weight is 202 g/mol. The fourth-order valence-electron chi connectivity index (χ4n) is 0.900. The third-order valence-electron chi connectivity index (χ3n) is 2.40. The number of methoxy groups -OCH3 is 1. The summed E-state index contributed by atoms with van der Waals surface area (Å²) >= 11 is 0. The van der Waals surface area contributed by atoms with Gasteiger partial charge in [0, 0.05) is 20.3 Å². The highest BCUT2D eigenvalue weighted by atomic mass is 16.5. The number of hydrogen-bond acceptors (Lipinski definition) is 2. The first-order valence-corrected chi connectivity index (χ1v) is 5.40. The van der Waals surface area contributed by atoms with E-state index in [2.05, 4.69) is 34.6 Å². The Bertz CT molecular complexity index is 145. The predicted molar refractivity (Wildman–Crippen MR) is 60.6 cm³/mol. The van der Waals surface area contributed by atoms with Crippen molar-refractivity contribution in [2.24, 2.45) is 5.41 Å². The van der Waals surface area contributed by atoms with Crippen LogP contribution in [0.4, 0.5) is 0 Å². The van der Waals surface area contributed by atoms with Crippen molar-refractivity contribution in [2.75, 3.05) is 20.3 Å². The molecule has 0 saturated carbocycles. The van der Waals surface area contributed by atoms with Crippen molar-refractivity contribution < 1.29 is 9.47 Å². The summed E-state index contributed by atoms with van der Waals surface area (Å²) in [4.78, 5) is 0. The molecule has 0 bridgehead atoms. The molecule has 0 aliphatic heterocycles. The zero-order valence-electron chi connectivity index (χ0n) is 10.6. The topological polar surface area (TPSA) is 18.5 Å². The second-order valence-electron chi connectivity index (χ2n) is 5.64. The summed E-state index contributed by atoms with van der Waals surface area (Å²) in [6.45, 7) is 12.5. The van der Waals surface area contributed by atoms with Crippen molar-refractivity contribution in [3.63, 3.8) is 0 Å². The van der Waals surface area contributed by atoms with Gasteiger partial charge in [0.25, 0.3) is 0 Å². The van der Waals surface area contributed by atoms with Gasteiger partial charge in [0.1, 0.15) is 0 Å². The molecule has 0 aliphatic carbocycles. The summed E-state index contributed by atoms with van der Waals surface area (Å²) < 4.78 is 10.9. The van der Waals surface area contributed by atoms with Crippen molar-refractivity contribution >= 4 is 0 Å². The highest BCUT2D eigenvalue weighted by Gasteiger charge is 2.16. The number of rotatable bonds is 6. The fourth-order valence-corrected chi connectivity index (χ4v) is 0.900. The molecule has 0 aromatic carbocycles. The van der Waals surface area contributed by atoms with E-state index in [1.165, 1.54) is 0 Å². The van der Waals surface area contributed by atoms with E-state index in [9.17, 15) is 0 Å². The van der Waals surface area contributed by atoms with Gasteiger partial charge >= 0.3 is 0 Å². The summed E-state index contributed by atoms with van der Waals surface area (Å²) in [5.74, 6) is 0. The van der Waals surface area contributed by atoms with Gasteiger partial charge in [0.2, 0.25) is 0 Å². The number of hydrogen-bond donors (Lipinski definition) is 0. The lowest BCUT2D eigenvalue weighted by Gasteiger charge is -2.23. The zero-order chi connectivity index (χ0) is 11.2. The van der Waals surface area contributed by atoms with Crippen LogP contribution in [0.25, 0.3) is 0 Å². The van der Waals surface area contributed by atoms with E-state index in [4.69, 9.17) is 9.47 Å². The fraction of sp³-hybridized carbons (Fsp3) is 1.00. The van der Waals surface area contributed by atoms with Crippen LogP contribution in [-0.4, -0.2) is 25.9 Å². The Kier molecular flexibility index (Phi) is 5.68. The normalized spacial score (nSPS) is 13.3. The van der Waals surface area contributed by atoms with Gasteiger partial charge in [-0.15, -0.1) is 0 Å². The summed E-state index contributed by atoms with van der Waals surface area (Å²) in [6, 6.07) is 0. The van der Waals surface area contributed by atoms with Crippen LogP contribution < -0.4 is 0 Å². The highest BCUT2D eigenvalue weighted by Crippen LogP contribution is 2.18. The first-order chi connectivity index (χ1) is 6.27. The average Bonchev–Trinajstić information content (AvgIpc) is 2.01. The largest absolute Gasteiger partial charge is 0.381 e. The molecule has 0 N–H and O–H groups in total. The molecule has 14 heavy (non-hydrogen) atoms. The second kappa shape index (κ2) is 5.72. The third kappa shape index (κ3) is 8.52. The molecule has 0 unspecified atom stereocenters. The molecule has 86 valence electrons.